The van der Waals surface area contributed by atoms with Gasteiger partial charge in [0.05, 0.1) is 12.2 Å². The van der Waals surface area contributed by atoms with Crippen molar-refractivity contribution in [3.63, 3.8) is 0 Å². The first-order valence-electron chi connectivity index (χ1n) is 8.30. The van der Waals surface area contributed by atoms with E-state index >= 15 is 0 Å². The van der Waals surface area contributed by atoms with Gasteiger partial charge in [0.15, 0.2) is 0 Å². The number of aromatic nitrogens is 2. The van der Waals surface area contributed by atoms with Gasteiger partial charge in [-0.25, -0.2) is 4.98 Å². The predicted molar refractivity (Wildman–Crippen MR) is 102 cm³/mol. The second kappa shape index (κ2) is 6.06. The summed E-state index contributed by atoms with van der Waals surface area (Å²) >= 11 is 0. The Morgan fingerprint density at radius 3 is 2.60 bits per heavy atom. The van der Waals surface area contributed by atoms with Crippen LogP contribution >= 0.6 is 0 Å². The first-order valence-corrected chi connectivity index (χ1v) is 8.30. The molecule has 0 saturated heterocycles. The Morgan fingerprint density at radius 1 is 0.960 bits per heavy atom. The number of nitrogens with zero attached hydrogens (tertiary/aromatic N) is 3. The normalized spacial score (nSPS) is 11.1. The van der Waals surface area contributed by atoms with Crippen molar-refractivity contribution in [3.05, 3.63) is 88.5 Å². The number of pyridine rings is 1. The molecule has 0 atom stereocenters. The molecule has 0 aliphatic heterocycles. The van der Waals surface area contributed by atoms with E-state index in [1.54, 1.807) is 10.5 Å². The number of hydrogen-bond donors (Lipinski definition) is 0. The lowest BCUT2D eigenvalue weighted by Crippen LogP contribution is -2.22. The fourth-order valence-corrected chi connectivity index (χ4v) is 3.19. The molecule has 0 N–H and O–H groups in total. The van der Waals surface area contributed by atoms with E-state index in [0.29, 0.717) is 12.2 Å². The maximum absolute atomic E-state index is 12.4. The maximum Gasteiger partial charge on any atom is 0.258 e. The fourth-order valence-electron chi connectivity index (χ4n) is 3.19. The summed E-state index contributed by atoms with van der Waals surface area (Å²) in [5.74, 6) is 0. The van der Waals surface area contributed by atoms with Crippen molar-refractivity contribution < 1.29 is 0 Å². The highest BCUT2D eigenvalue weighted by Gasteiger charge is 2.08. The molecule has 2 aromatic heterocycles. The number of rotatable bonds is 3. The molecule has 0 unspecified atom stereocenters. The molecule has 4 nitrogen and oxygen atoms in total. The Bertz CT molecular complexity index is 1130. The van der Waals surface area contributed by atoms with E-state index in [0.717, 1.165) is 17.1 Å². The van der Waals surface area contributed by atoms with Crippen LogP contribution in [-0.2, 0) is 6.54 Å². The minimum atomic E-state index is -0.0370. The summed E-state index contributed by atoms with van der Waals surface area (Å²) < 4.78 is 1.64. The van der Waals surface area contributed by atoms with Gasteiger partial charge in [-0.1, -0.05) is 36.4 Å². The molecule has 25 heavy (non-hydrogen) atoms. The minimum Gasteiger partial charge on any atom is -0.369 e. The van der Waals surface area contributed by atoms with Gasteiger partial charge >= 0.3 is 0 Å². The van der Waals surface area contributed by atoms with Gasteiger partial charge in [0, 0.05) is 24.5 Å². The molecule has 0 fully saturated rings. The van der Waals surface area contributed by atoms with E-state index < -0.39 is 0 Å². The molecule has 0 aliphatic carbocycles. The lowest BCUT2D eigenvalue weighted by molar-refractivity contribution is 0.865. The summed E-state index contributed by atoms with van der Waals surface area (Å²) in [5, 5.41) is 2.42. The van der Waals surface area contributed by atoms with E-state index in [4.69, 9.17) is 0 Å². The standard InChI is InChI=1S/C21H19N3O/c1-15-6-5-9-20-22-18(13-21(25)24(15)20)14-23(2)19-11-10-16-7-3-4-8-17(16)12-19/h3-13H,14H2,1-2H3. The Morgan fingerprint density at radius 2 is 1.76 bits per heavy atom. The molecule has 4 aromatic rings. The van der Waals surface area contributed by atoms with Crippen LogP contribution in [0.3, 0.4) is 0 Å². The van der Waals surface area contributed by atoms with Crippen LogP contribution in [0.2, 0.25) is 0 Å². The Hall–Kier alpha value is -3.14. The fraction of sp³-hybridized carbons (Fsp3) is 0.143. The zero-order valence-electron chi connectivity index (χ0n) is 14.3. The summed E-state index contributed by atoms with van der Waals surface area (Å²) in [6.07, 6.45) is 0. The Labute approximate surface area is 146 Å². The van der Waals surface area contributed by atoms with Gasteiger partial charge in [-0.2, -0.15) is 0 Å². The van der Waals surface area contributed by atoms with Gasteiger partial charge in [0.1, 0.15) is 5.65 Å². The predicted octanol–water partition coefficient (Wildman–Crippen LogP) is 3.79. The first kappa shape index (κ1) is 15.4. The van der Waals surface area contributed by atoms with Crippen molar-refractivity contribution in [1.29, 1.82) is 0 Å². The number of hydrogen-bond acceptors (Lipinski definition) is 3. The molecular weight excluding hydrogens is 310 g/mol. The molecule has 0 saturated carbocycles. The second-order valence-electron chi connectivity index (χ2n) is 6.33. The third kappa shape index (κ3) is 2.87. The molecule has 0 amide bonds. The lowest BCUT2D eigenvalue weighted by atomic mass is 10.1. The quantitative estimate of drug-likeness (QED) is 0.574. The van der Waals surface area contributed by atoms with Gasteiger partial charge in [0.25, 0.3) is 5.56 Å². The average molecular weight is 329 g/mol. The molecule has 0 bridgehead atoms. The summed E-state index contributed by atoms with van der Waals surface area (Å²) in [6.45, 7) is 2.50. The van der Waals surface area contributed by atoms with Crippen molar-refractivity contribution in [3.8, 4) is 0 Å². The zero-order chi connectivity index (χ0) is 17.4. The van der Waals surface area contributed by atoms with Crippen LogP contribution in [0, 0.1) is 6.92 Å². The van der Waals surface area contributed by atoms with Crippen molar-refractivity contribution in [1.82, 2.24) is 9.38 Å². The van der Waals surface area contributed by atoms with Crippen LogP contribution in [0.1, 0.15) is 11.4 Å². The van der Waals surface area contributed by atoms with Gasteiger partial charge in [-0.3, -0.25) is 9.20 Å². The molecule has 2 aromatic carbocycles. The SMILES string of the molecule is Cc1cccc2nc(CN(C)c3ccc4ccccc4c3)cc(=O)n12. The smallest absolute Gasteiger partial charge is 0.258 e. The van der Waals surface area contributed by atoms with Gasteiger partial charge < -0.3 is 4.90 Å². The first-order chi connectivity index (χ1) is 12.1. The van der Waals surface area contributed by atoms with E-state index in [1.165, 1.54) is 10.8 Å². The lowest BCUT2D eigenvalue weighted by Gasteiger charge is -2.19. The summed E-state index contributed by atoms with van der Waals surface area (Å²) in [4.78, 5) is 19.2. The van der Waals surface area contributed by atoms with Crippen LogP contribution in [0.15, 0.2) is 71.5 Å². The minimum absolute atomic E-state index is 0.0370. The Kier molecular flexibility index (Phi) is 3.73. The second-order valence-corrected chi connectivity index (χ2v) is 6.33. The molecule has 4 rings (SSSR count). The number of aryl methyl sites for hydroxylation is 1. The number of fused-ring (bicyclic) bond motifs is 2. The molecule has 4 heteroatoms. The number of benzene rings is 2. The van der Waals surface area contributed by atoms with Crippen LogP contribution in [0.25, 0.3) is 16.4 Å². The van der Waals surface area contributed by atoms with Gasteiger partial charge in [-0.05, 0) is 42.0 Å². The molecule has 0 radical (unpaired) electrons. The summed E-state index contributed by atoms with van der Waals surface area (Å²) in [5.41, 5.74) is 3.42. The molecule has 124 valence electrons. The van der Waals surface area contributed by atoms with Crippen LogP contribution < -0.4 is 10.5 Å². The van der Waals surface area contributed by atoms with Crippen LogP contribution in [-0.4, -0.2) is 16.4 Å². The third-order valence-corrected chi connectivity index (χ3v) is 4.51. The summed E-state index contributed by atoms with van der Waals surface area (Å²) in [7, 11) is 2.02. The van der Waals surface area contributed by atoms with Crippen molar-refractivity contribution >= 4 is 22.1 Å². The van der Waals surface area contributed by atoms with Gasteiger partial charge in [0.2, 0.25) is 0 Å². The molecular formula is C21H19N3O. The van der Waals surface area contributed by atoms with E-state index in [9.17, 15) is 4.79 Å². The zero-order valence-corrected chi connectivity index (χ0v) is 14.3. The van der Waals surface area contributed by atoms with Crippen LogP contribution in [0.4, 0.5) is 5.69 Å². The third-order valence-electron chi connectivity index (χ3n) is 4.51. The largest absolute Gasteiger partial charge is 0.369 e. The maximum atomic E-state index is 12.4. The summed E-state index contributed by atoms with van der Waals surface area (Å²) in [6, 6.07) is 22.0. The highest BCUT2D eigenvalue weighted by atomic mass is 16.1. The molecule has 2 heterocycles. The average Bonchev–Trinajstić information content (AvgIpc) is 2.61. The van der Waals surface area contributed by atoms with E-state index in [1.807, 2.05) is 44.3 Å². The van der Waals surface area contributed by atoms with Crippen LogP contribution in [0.5, 0.6) is 0 Å². The monoisotopic (exact) mass is 329 g/mol. The van der Waals surface area contributed by atoms with E-state index in [-0.39, 0.29) is 5.56 Å². The topological polar surface area (TPSA) is 37.6 Å². The van der Waals surface area contributed by atoms with Crippen molar-refractivity contribution in [2.24, 2.45) is 0 Å². The van der Waals surface area contributed by atoms with Crippen molar-refractivity contribution in [2.45, 2.75) is 13.5 Å². The molecule has 0 spiro atoms. The molecule has 0 aliphatic rings. The number of anilines is 1. The van der Waals surface area contributed by atoms with Gasteiger partial charge in [-0.15, -0.1) is 0 Å². The highest BCUT2D eigenvalue weighted by Crippen LogP contribution is 2.22. The highest BCUT2D eigenvalue weighted by molar-refractivity contribution is 5.85. The van der Waals surface area contributed by atoms with Crippen molar-refractivity contribution in [2.75, 3.05) is 11.9 Å². The Balaban J connectivity index is 1.69. The van der Waals surface area contributed by atoms with E-state index in [2.05, 4.69) is 40.2 Å².